The molecule has 2 aromatic rings. The average Bonchev–Trinajstić information content (AvgIpc) is 3.04. The van der Waals surface area contributed by atoms with Gasteiger partial charge in [0.25, 0.3) is 5.91 Å². The number of benzene rings is 2. The van der Waals surface area contributed by atoms with E-state index >= 15 is 0 Å². The fourth-order valence-corrected chi connectivity index (χ4v) is 2.97. The third kappa shape index (κ3) is 4.49. The predicted octanol–water partition coefficient (Wildman–Crippen LogP) is 2.98. The van der Waals surface area contributed by atoms with Crippen LogP contribution in [0, 0.1) is 5.92 Å². The van der Waals surface area contributed by atoms with Crippen LogP contribution in [0.5, 0.6) is 0 Å². The first-order valence-corrected chi connectivity index (χ1v) is 8.89. The molecule has 6 nitrogen and oxygen atoms in total. The first-order chi connectivity index (χ1) is 12.5. The number of hydrogen-bond acceptors (Lipinski definition) is 4. The van der Waals surface area contributed by atoms with Gasteiger partial charge in [-0.05, 0) is 36.4 Å². The Morgan fingerprint density at radius 2 is 1.81 bits per heavy atom. The van der Waals surface area contributed by atoms with Crippen molar-refractivity contribution in [2.75, 3.05) is 23.4 Å². The molecule has 1 atom stereocenters. The van der Waals surface area contributed by atoms with Crippen molar-refractivity contribution < 1.29 is 19.1 Å². The molecular formula is C19H17BrN2O4. The van der Waals surface area contributed by atoms with E-state index in [1.54, 1.807) is 29.2 Å². The van der Waals surface area contributed by atoms with Gasteiger partial charge in [0.2, 0.25) is 5.91 Å². The van der Waals surface area contributed by atoms with Crippen LogP contribution in [0.15, 0.2) is 59.1 Å². The Morgan fingerprint density at radius 3 is 2.50 bits per heavy atom. The molecule has 26 heavy (non-hydrogen) atoms. The minimum Gasteiger partial charge on any atom is -0.455 e. The third-order valence-corrected chi connectivity index (χ3v) is 4.53. The number of rotatable bonds is 5. The molecular weight excluding hydrogens is 400 g/mol. The molecule has 7 heteroatoms. The molecule has 134 valence electrons. The maximum absolute atomic E-state index is 12.2. The molecule has 0 spiro atoms. The summed E-state index contributed by atoms with van der Waals surface area (Å²) in [5.74, 6) is -1.66. The highest BCUT2D eigenvalue weighted by atomic mass is 79.9. The van der Waals surface area contributed by atoms with E-state index in [0.29, 0.717) is 5.69 Å². The number of halogens is 1. The second kappa shape index (κ2) is 8.14. The molecule has 1 N–H and O–H groups in total. The van der Waals surface area contributed by atoms with Crippen LogP contribution >= 0.6 is 15.9 Å². The van der Waals surface area contributed by atoms with Gasteiger partial charge in [0, 0.05) is 28.8 Å². The van der Waals surface area contributed by atoms with E-state index in [1.165, 1.54) is 0 Å². The predicted molar refractivity (Wildman–Crippen MR) is 101 cm³/mol. The maximum Gasteiger partial charge on any atom is 0.311 e. The zero-order chi connectivity index (χ0) is 18.5. The highest BCUT2D eigenvalue weighted by Crippen LogP contribution is 2.25. The summed E-state index contributed by atoms with van der Waals surface area (Å²) in [7, 11) is 0. The van der Waals surface area contributed by atoms with Gasteiger partial charge in [-0.2, -0.15) is 0 Å². The number of anilines is 2. The lowest BCUT2D eigenvalue weighted by atomic mass is 10.1. The van der Waals surface area contributed by atoms with Crippen molar-refractivity contribution >= 4 is 45.1 Å². The first-order valence-electron chi connectivity index (χ1n) is 8.10. The monoisotopic (exact) mass is 416 g/mol. The summed E-state index contributed by atoms with van der Waals surface area (Å²) < 4.78 is 5.98. The second-order valence-corrected chi connectivity index (χ2v) is 6.82. The van der Waals surface area contributed by atoms with Crippen LogP contribution < -0.4 is 10.2 Å². The van der Waals surface area contributed by atoms with Gasteiger partial charge in [0.1, 0.15) is 0 Å². The highest BCUT2D eigenvalue weighted by molar-refractivity contribution is 9.10. The van der Waals surface area contributed by atoms with Crippen molar-refractivity contribution in [2.24, 2.45) is 5.92 Å². The lowest BCUT2D eigenvalue weighted by Gasteiger charge is -2.16. The molecule has 1 fully saturated rings. The SMILES string of the molecule is O=C(COC(=O)[C@H]1CC(=O)N(c2ccccc2)C1)Nc1ccc(Br)cc1. The van der Waals surface area contributed by atoms with Crippen LogP contribution in [0.4, 0.5) is 11.4 Å². The van der Waals surface area contributed by atoms with Crippen LogP contribution in [-0.2, 0) is 19.1 Å². The third-order valence-electron chi connectivity index (χ3n) is 4.00. The van der Waals surface area contributed by atoms with Gasteiger partial charge in [-0.3, -0.25) is 14.4 Å². The highest BCUT2D eigenvalue weighted by Gasteiger charge is 2.36. The van der Waals surface area contributed by atoms with Gasteiger partial charge in [0.15, 0.2) is 6.61 Å². The minimum absolute atomic E-state index is 0.0854. The summed E-state index contributed by atoms with van der Waals surface area (Å²) >= 11 is 3.31. The Labute approximate surface area is 159 Å². The molecule has 1 aliphatic heterocycles. The lowest BCUT2D eigenvalue weighted by Crippen LogP contribution is -2.28. The van der Waals surface area contributed by atoms with E-state index in [1.807, 2.05) is 30.3 Å². The van der Waals surface area contributed by atoms with Gasteiger partial charge >= 0.3 is 5.97 Å². The summed E-state index contributed by atoms with van der Waals surface area (Å²) in [6.07, 6.45) is 0.0854. The van der Waals surface area contributed by atoms with Crippen LogP contribution in [0.25, 0.3) is 0 Å². The number of hydrogen-bond donors (Lipinski definition) is 1. The van der Waals surface area contributed by atoms with Gasteiger partial charge in [-0.25, -0.2) is 0 Å². The number of nitrogens with zero attached hydrogens (tertiary/aromatic N) is 1. The molecule has 2 aromatic carbocycles. The number of carbonyl (C=O) groups excluding carboxylic acids is 3. The van der Waals surface area contributed by atoms with Crippen molar-refractivity contribution in [1.29, 1.82) is 0 Å². The Hall–Kier alpha value is -2.67. The van der Waals surface area contributed by atoms with Crippen LogP contribution in [-0.4, -0.2) is 30.9 Å². The van der Waals surface area contributed by atoms with Crippen molar-refractivity contribution in [2.45, 2.75) is 6.42 Å². The number of esters is 1. The molecule has 0 radical (unpaired) electrons. The van der Waals surface area contributed by atoms with E-state index in [4.69, 9.17) is 4.74 Å². The summed E-state index contributed by atoms with van der Waals surface area (Å²) in [6, 6.07) is 16.2. The van der Waals surface area contributed by atoms with E-state index < -0.39 is 17.8 Å². The number of nitrogens with one attached hydrogen (secondary N) is 1. The molecule has 0 aromatic heterocycles. The molecule has 0 aliphatic carbocycles. The zero-order valence-electron chi connectivity index (χ0n) is 13.9. The molecule has 0 saturated carbocycles. The van der Waals surface area contributed by atoms with Crippen LogP contribution in [0.2, 0.25) is 0 Å². The topological polar surface area (TPSA) is 75.7 Å². The summed E-state index contributed by atoms with van der Waals surface area (Å²) in [4.78, 5) is 37.8. The lowest BCUT2D eigenvalue weighted by molar-refractivity contribution is -0.151. The standard InChI is InChI=1S/C19H17BrN2O4/c20-14-6-8-15(9-7-14)21-17(23)12-26-19(25)13-10-18(24)22(11-13)16-4-2-1-3-5-16/h1-9,13H,10-12H2,(H,21,23)/t13-/m0/s1. The fraction of sp³-hybridized carbons (Fsp3) is 0.211. The summed E-state index contributed by atoms with van der Waals surface area (Å²) in [5, 5.41) is 2.64. The van der Waals surface area contributed by atoms with Gasteiger partial charge in [-0.1, -0.05) is 34.1 Å². The quantitative estimate of drug-likeness (QED) is 0.760. The molecule has 1 saturated heterocycles. The number of amides is 2. The average molecular weight is 417 g/mol. The zero-order valence-corrected chi connectivity index (χ0v) is 15.4. The van der Waals surface area contributed by atoms with Crippen LogP contribution in [0.1, 0.15) is 6.42 Å². The molecule has 2 amide bonds. The smallest absolute Gasteiger partial charge is 0.311 e. The summed E-state index contributed by atoms with van der Waals surface area (Å²) in [5.41, 5.74) is 1.36. The van der Waals surface area contributed by atoms with E-state index in [2.05, 4.69) is 21.2 Å². The number of ether oxygens (including phenoxy) is 1. The Kier molecular flexibility index (Phi) is 5.68. The molecule has 3 rings (SSSR count). The van der Waals surface area contributed by atoms with Crippen molar-refractivity contribution in [3.63, 3.8) is 0 Å². The van der Waals surface area contributed by atoms with Crippen molar-refractivity contribution in [3.05, 3.63) is 59.1 Å². The van der Waals surface area contributed by atoms with E-state index in [-0.39, 0.29) is 25.5 Å². The fourth-order valence-electron chi connectivity index (χ4n) is 2.71. The van der Waals surface area contributed by atoms with Gasteiger partial charge < -0.3 is 15.0 Å². The van der Waals surface area contributed by atoms with E-state index in [0.717, 1.165) is 10.2 Å². The number of carbonyl (C=O) groups is 3. The second-order valence-electron chi connectivity index (χ2n) is 5.90. The minimum atomic E-state index is -0.566. The largest absolute Gasteiger partial charge is 0.455 e. The Morgan fingerprint density at radius 1 is 1.12 bits per heavy atom. The Bertz CT molecular complexity index is 808. The molecule has 0 unspecified atom stereocenters. The Balaban J connectivity index is 1.50. The molecule has 1 aliphatic rings. The van der Waals surface area contributed by atoms with E-state index in [9.17, 15) is 14.4 Å². The van der Waals surface area contributed by atoms with Gasteiger partial charge in [-0.15, -0.1) is 0 Å². The maximum atomic E-state index is 12.2. The van der Waals surface area contributed by atoms with Crippen molar-refractivity contribution in [3.8, 4) is 0 Å². The van der Waals surface area contributed by atoms with Gasteiger partial charge in [0.05, 0.1) is 5.92 Å². The number of para-hydroxylation sites is 1. The van der Waals surface area contributed by atoms with Crippen LogP contribution in [0.3, 0.4) is 0 Å². The summed E-state index contributed by atoms with van der Waals surface area (Å²) in [6.45, 7) is -0.124. The normalized spacial score (nSPS) is 16.4. The molecule has 1 heterocycles. The molecule has 0 bridgehead atoms. The first kappa shape index (κ1) is 18.1. The van der Waals surface area contributed by atoms with Crippen molar-refractivity contribution in [1.82, 2.24) is 0 Å².